The summed E-state index contributed by atoms with van der Waals surface area (Å²) in [7, 11) is -3.36. The molecule has 0 atom stereocenters. The van der Waals surface area contributed by atoms with Crippen molar-refractivity contribution in [3.8, 4) is 5.88 Å². The molecule has 3 fully saturated rings. The molecule has 3 amide bonds. The van der Waals surface area contributed by atoms with E-state index in [1.165, 1.54) is 4.90 Å². The van der Waals surface area contributed by atoms with E-state index < -0.39 is 61.9 Å². The minimum atomic E-state index is -3.36. The van der Waals surface area contributed by atoms with Crippen LogP contribution in [0.5, 0.6) is 5.88 Å². The predicted molar refractivity (Wildman–Crippen MR) is 125 cm³/mol. The number of imide groups is 1. The molecule has 13 nitrogen and oxygen atoms in total. The van der Waals surface area contributed by atoms with E-state index in [9.17, 15) is 32.7 Å². The minimum Gasteiger partial charge on any atom is -0.494 e. The summed E-state index contributed by atoms with van der Waals surface area (Å²) >= 11 is 0. The van der Waals surface area contributed by atoms with Gasteiger partial charge in [-0.3, -0.25) is 29.4 Å². The molecule has 0 bridgehead atoms. The fourth-order valence-electron chi connectivity index (χ4n) is 5.41. The molecule has 0 aromatic carbocycles. The number of nitrogen functional groups attached to an aromatic ring is 1. The Hall–Kier alpha value is -3.16. The minimum absolute atomic E-state index is 0.0505. The number of rotatable bonds is 7. The number of aromatic nitrogens is 2. The van der Waals surface area contributed by atoms with E-state index in [0.717, 1.165) is 15.6 Å². The first-order chi connectivity index (χ1) is 16.4. The van der Waals surface area contributed by atoms with Crippen LogP contribution in [0.1, 0.15) is 57.1 Å². The van der Waals surface area contributed by atoms with Gasteiger partial charge in [-0.2, -0.15) is 0 Å². The first-order valence-electron chi connectivity index (χ1n) is 11.7. The van der Waals surface area contributed by atoms with Gasteiger partial charge < -0.3 is 15.7 Å². The van der Waals surface area contributed by atoms with Gasteiger partial charge in [0.1, 0.15) is 11.4 Å². The third-order valence-electron chi connectivity index (χ3n) is 7.30. The molecule has 2 saturated heterocycles. The summed E-state index contributed by atoms with van der Waals surface area (Å²) in [5.41, 5.74) is 2.34. The standard InChI is InChI=1S/C21H30N6O7S/c1-2-3-8-25-16(28)14(15(22)23)17(29)27(20(25)32)13-6-4-12(5-7-13)9-26-19(31)24-18(30)21(26)10-35(33,34)11-21/h12-13,28H,2-11H2,1H3,(H3,22,23)(H,24,30,31). The first kappa shape index (κ1) is 24.9. The molecule has 192 valence electrons. The number of sulfone groups is 1. The molecular weight excluding hydrogens is 480 g/mol. The van der Waals surface area contributed by atoms with Crippen LogP contribution >= 0.6 is 0 Å². The van der Waals surface area contributed by atoms with Crippen molar-refractivity contribution >= 4 is 27.6 Å². The van der Waals surface area contributed by atoms with Crippen molar-refractivity contribution in [2.24, 2.45) is 11.7 Å². The number of urea groups is 1. The lowest BCUT2D eigenvalue weighted by Crippen LogP contribution is -2.67. The maximum atomic E-state index is 13.1. The van der Waals surface area contributed by atoms with E-state index in [2.05, 4.69) is 5.32 Å². The molecule has 14 heteroatoms. The van der Waals surface area contributed by atoms with Crippen molar-refractivity contribution in [2.75, 3.05) is 18.1 Å². The third kappa shape index (κ3) is 4.13. The number of carbonyl (C=O) groups excluding carboxylic acids is 2. The summed E-state index contributed by atoms with van der Waals surface area (Å²) < 4.78 is 25.7. The van der Waals surface area contributed by atoms with Gasteiger partial charge in [-0.15, -0.1) is 0 Å². The van der Waals surface area contributed by atoms with Gasteiger partial charge in [-0.25, -0.2) is 18.0 Å². The highest BCUT2D eigenvalue weighted by Crippen LogP contribution is 2.38. The number of nitrogens with zero attached hydrogens (tertiary/aromatic N) is 3. The van der Waals surface area contributed by atoms with E-state index in [0.29, 0.717) is 32.1 Å². The van der Waals surface area contributed by atoms with Gasteiger partial charge in [-0.1, -0.05) is 13.3 Å². The smallest absolute Gasteiger partial charge is 0.334 e. The Kier molecular flexibility index (Phi) is 6.28. The lowest BCUT2D eigenvalue weighted by molar-refractivity contribution is -0.125. The molecule has 0 radical (unpaired) electrons. The van der Waals surface area contributed by atoms with Crippen molar-refractivity contribution in [1.29, 1.82) is 5.41 Å². The Morgan fingerprint density at radius 2 is 1.80 bits per heavy atom. The van der Waals surface area contributed by atoms with Crippen LogP contribution in [0.25, 0.3) is 0 Å². The zero-order valence-electron chi connectivity index (χ0n) is 19.4. The highest BCUT2D eigenvalue weighted by molar-refractivity contribution is 7.93. The zero-order valence-corrected chi connectivity index (χ0v) is 20.3. The zero-order chi connectivity index (χ0) is 25.7. The van der Waals surface area contributed by atoms with Crippen molar-refractivity contribution in [3.05, 3.63) is 26.4 Å². The van der Waals surface area contributed by atoms with E-state index in [-0.39, 0.29) is 30.5 Å². The van der Waals surface area contributed by atoms with Crippen molar-refractivity contribution < 1.29 is 23.1 Å². The first-order valence-corrected chi connectivity index (χ1v) is 13.5. The Bertz CT molecular complexity index is 1290. The summed E-state index contributed by atoms with van der Waals surface area (Å²) in [6.07, 6.45) is 3.24. The monoisotopic (exact) mass is 510 g/mol. The Labute approximate surface area is 201 Å². The maximum Gasteiger partial charge on any atom is 0.334 e. The largest absolute Gasteiger partial charge is 0.494 e. The molecule has 1 aromatic rings. The van der Waals surface area contributed by atoms with Crippen LogP contribution in [0, 0.1) is 11.3 Å². The van der Waals surface area contributed by atoms with E-state index >= 15 is 0 Å². The molecule has 5 N–H and O–H groups in total. The second-order valence-electron chi connectivity index (χ2n) is 9.68. The van der Waals surface area contributed by atoms with Crippen LogP contribution in [-0.2, 0) is 21.2 Å². The molecule has 1 saturated carbocycles. The number of amides is 3. The SMILES string of the molecule is CCCCn1c(O)c(C(=N)N)c(=O)n(C2CCC(CN3C(=O)NC(=O)C34CS(=O)(=O)C4)CC2)c1=O. The molecule has 1 spiro atoms. The highest BCUT2D eigenvalue weighted by atomic mass is 32.2. The molecule has 35 heavy (non-hydrogen) atoms. The molecule has 3 heterocycles. The molecule has 0 unspecified atom stereocenters. The summed E-state index contributed by atoms with van der Waals surface area (Å²) in [5, 5.41) is 20.4. The van der Waals surface area contributed by atoms with Crippen LogP contribution in [0.3, 0.4) is 0 Å². The van der Waals surface area contributed by atoms with Crippen LogP contribution in [0.2, 0.25) is 0 Å². The molecular formula is C21H30N6O7S. The van der Waals surface area contributed by atoms with Gasteiger partial charge in [0.05, 0.1) is 11.5 Å². The van der Waals surface area contributed by atoms with Gasteiger partial charge >= 0.3 is 11.7 Å². The number of hydrogen-bond donors (Lipinski definition) is 4. The van der Waals surface area contributed by atoms with Gasteiger partial charge in [-0.05, 0) is 38.0 Å². The number of nitrogens with two attached hydrogens (primary N) is 1. The fourth-order valence-corrected chi connectivity index (χ4v) is 7.35. The molecule has 2 aliphatic heterocycles. The lowest BCUT2D eigenvalue weighted by atomic mass is 9.84. The molecule has 1 aromatic heterocycles. The highest BCUT2D eigenvalue weighted by Gasteiger charge is 2.63. The number of aromatic hydroxyl groups is 1. The van der Waals surface area contributed by atoms with Crippen LogP contribution < -0.4 is 22.3 Å². The number of hydrogen-bond acceptors (Lipinski definition) is 8. The average molecular weight is 511 g/mol. The van der Waals surface area contributed by atoms with Crippen molar-refractivity contribution in [3.63, 3.8) is 0 Å². The summed E-state index contributed by atoms with van der Waals surface area (Å²) in [5.74, 6) is -2.64. The van der Waals surface area contributed by atoms with E-state index in [1.54, 1.807) is 0 Å². The molecule has 3 aliphatic rings. The maximum absolute atomic E-state index is 13.1. The van der Waals surface area contributed by atoms with Crippen LogP contribution in [0.15, 0.2) is 9.59 Å². The second kappa shape index (κ2) is 8.81. The topological polar surface area (TPSA) is 198 Å². The Balaban J connectivity index is 1.54. The van der Waals surface area contributed by atoms with Crippen LogP contribution in [-0.4, -0.2) is 68.9 Å². The normalized spacial score (nSPS) is 24.9. The third-order valence-corrected chi connectivity index (χ3v) is 9.13. The Morgan fingerprint density at radius 3 is 2.34 bits per heavy atom. The van der Waals surface area contributed by atoms with Crippen molar-refractivity contribution in [2.45, 2.75) is 63.6 Å². The van der Waals surface area contributed by atoms with E-state index in [4.69, 9.17) is 11.1 Å². The molecule has 1 aliphatic carbocycles. The van der Waals surface area contributed by atoms with Gasteiger partial charge in [0.25, 0.3) is 11.5 Å². The second-order valence-corrected chi connectivity index (χ2v) is 11.7. The van der Waals surface area contributed by atoms with Gasteiger partial charge in [0.2, 0.25) is 5.88 Å². The summed E-state index contributed by atoms with van der Waals surface area (Å²) in [4.78, 5) is 52.1. The molecule has 4 rings (SSSR count). The predicted octanol–water partition coefficient (Wildman–Crippen LogP) is -0.750. The summed E-state index contributed by atoms with van der Waals surface area (Å²) in [6, 6.07) is -1.09. The average Bonchev–Trinajstić information content (AvgIpc) is 2.98. The Morgan fingerprint density at radius 1 is 1.17 bits per heavy atom. The lowest BCUT2D eigenvalue weighted by Gasteiger charge is -2.43. The number of unbranched alkanes of at least 4 members (excludes halogenated alkanes) is 1. The van der Waals surface area contributed by atoms with Crippen molar-refractivity contribution in [1.82, 2.24) is 19.4 Å². The van der Waals surface area contributed by atoms with E-state index in [1.807, 2.05) is 6.92 Å². The van der Waals surface area contributed by atoms with Gasteiger partial charge in [0.15, 0.2) is 15.4 Å². The quantitative estimate of drug-likeness (QED) is 0.209. The number of nitrogens with one attached hydrogen (secondary N) is 2. The number of carbonyl (C=O) groups is 2. The fraction of sp³-hybridized carbons (Fsp3) is 0.667. The summed E-state index contributed by atoms with van der Waals surface area (Å²) in [6.45, 7) is 2.30. The number of amidine groups is 1. The van der Waals surface area contributed by atoms with Crippen LogP contribution in [0.4, 0.5) is 4.79 Å². The van der Waals surface area contributed by atoms with Gasteiger partial charge in [0, 0.05) is 19.1 Å².